The first kappa shape index (κ1) is 6.78. The fraction of sp³-hybridized carbons (Fsp3) is 0.714. The molecule has 1 unspecified atom stereocenters. The summed E-state index contributed by atoms with van der Waals surface area (Å²) in [6.45, 7) is 6.55. The predicted molar refractivity (Wildman–Crippen MR) is 37.3 cm³/mol. The first-order chi connectivity index (χ1) is 4.33. The van der Waals surface area contributed by atoms with Gasteiger partial charge < -0.3 is 10.0 Å². The van der Waals surface area contributed by atoms with Crippen LogP contribution in [0, 0.1) is 0 Å². The van der Waals surface area contributed by atoms with Crippen molar-refractivity contribution in [1.29, 1.82) is 0 Å². The van der Waals surface area contributed by atoms with Crippen molar-refractivity contribution in [2.75, 3.05) is 19.6 Å². The van der Waals surface area contributed by atoms with Gasteiger partial charge in [0.15, 0.2) is 0 Å². The topological polar surface area (TPSA) is 23.5 Å². The fourth-order valence-corrected chi connectivity index (χ4v) is 0.903. The fourth-order valence-electron chi connectivity index (χ4n) is 0.903. The number of hydrogen-bond acceptors (Lipinski definition) is 2. The number of β-amino-alcohol motifs (C(OH)–C–C–N with tert-alkyl or cyclic N) is 1. The zero-order valence-electron chi connectivity index (χ0n) is 5.58. The van der Waals surface area contributed by atoms with Gasteiger partial charge in [-0.1, -0.05) is 6.08 Å². The minimum atomic E-state index is -0.328. The molecule has 1 fully saturated rings. The van der Waals surface area contributed by atoms with Crippen molar-refractivity contribution in [2.24, 2.45) is 0 Å². The van der Waals surface area contributed by atoms with Crippen LogP contribution >= 0.6 is 0 Å². The van der Waals surface area contributed by atoms with E-state index >= 15 is 0 Å². The number of likely N-dealkylation sites (tertiary alicyclic amines) is 1. The van der Waals surface area contributed by atoms with Gasteiger partial charge in [0, 0.05) is 6.54 Å². The number of aliphatic hydroxyl groups excluding tert-OH is 1. The van der Waals surface area contributed by atoms with Crippen LogP contribution in [0.4, 0.5) is 0 Å². The van der Waals surface area contributed by atoms with Crippen LogP contribution in [0.25, 0.3) is 0 Å². The second-order valence-electron chi connectivity index (χ2n) is 2.46. The predicted octanol–water partition coefficient (Wildman–Crippen LogP) is 0.239. The molecule has 2 nitrogen and oxygen atoms in total. The zero-order valence-corrected chi connectivity index (χ0v) is 5.58. The third-order valence-electron chi connectivity index (χ3n) is 1.67. The highest BCUT2D eigenvalue weighted by Gasteiger charge is 2.15. The highest BCUT2D eigenvalue weighted by Crippen LogP contribution is 2.05. The van der Waals surface area contributed by atoms with Gasteiger partial charge in [0.05, 0.1) is 6.10 Å². The number of aliphatic hydroxyl groups is 1. The van der Waals surface area contributed by atoms with E-state index in [2.05, 4.69) is 11.5 Å². The molecule has 52 valence electrons. The van der Waals surface area contributed by atoms with Gasteiger partial charge in [-0.2, -0.15) is 0 Å². The summed E-state index contributed by atoms with van der Waals surface area (Å²) in [6, 6.07) is 0. The molecule has 1 heterocycles. The number of hydrogen-bond donors (Lipinski definition) is 1. The lowest BCUT2D eigenvalue weighted by Gasteiger charge is -2.31. The summed E-state index contributed by atoms with van der Waals surface area (Å²) in [6.07, 6.45) is 2.53. The monoisotopic (exact) mass is 127 g/mol. The summed E-state index contributed by atoms with van der Waals surface area (Å²) in [5, 5.41) is 9.03. The Morgan fingerprint density at radius 3 is 2.67 bits per heavy atom. The molecule has 2 heteroatoms. The lowest BCUT2D eigenvalue weighted by atomic mass is 10.2. The molecule has 1 saturated heterocycles. The molecule has 0 aliphatic carbocycles. The summed E-state index contributed by atoms with van der Waals surface area (Å²) in [5.41, 5.74) is 0. The van der Waals surface area contributed by atoms with E-state index in [-0.39, 0.29) is 6.10 Å². The molecule has 1 atom stereocenters. The molecule has 9 heavy (non-hydrogen) atoms. The quantitative estimate of drug-likeness (QED) is 0.549. The van der Waals surface area contributed by atoms with Gasteiger partial charge in [0.25, 0.3) is 0 Å². The Morgan fingerprint density at radius 2 is 2.33 bits per heavy atom. The van der Waals surface area contributed by atoms with Gasteiger partial charge in [0.2, 0.25) is 0 Å². The SMILES string of the molecule is C=CC(O)CN1CCC1. The molecule has 0 aromatic carbocycles. The Balaban J connectivity index is 2.08. The van der Waals surface area contributed by atoms with E-state index in [4.69, 9.17) is 5.11 Å². The van der Waals surface area contributed by atoms with Crippen molar-refractivity contribution in [3.63, 3.8) is 0 Å². The van der Waals surface area contributed by atoms with Crippen molar-refractivity contribution >= 4 is 0 Å². The summed E-state index contributed by atoms with van der Waals surface area (Å²) in [7, 11) is 0. The minimum Gasteiger partial charge on any atom is -0.388 e. The molecule has 0 radical (unpaired) electrons. The van der Waals surface area contributed by atoms with E-state index in [9.17, 15) is 0 Å². The molecular weight excluding hydrogens is 114 g/mol. The van der Waals surface area contributed by atoms with Gasteiger partial charge in [0.1, 0.15) is 0 Å². The van der Waals surface area contributed by atoms with Crippen molar-refractivity contribution in [3.8, 4) is 0 Å². The maximum Gasteiger partial charge on any atom is 0.0845 e. The van der Waals surface area contributed by atoms with Crippen LogP contribution in [0.15, 0.2) is 12.7 Å². The van der Waals surface area contributed by atoms with E-state index in [0.717, 1.165) is 19.6 Å². The Kier molecular flexibility index (Phi) is 2.25. The molecular formula is C7H13NO. The molecule has 0 aromatic heterocycles. The minimum absolute atomic E-state index is 0.328. The van der Waals surface area contributed by atoms with E-state index in [1.807, 2.05) is 0 Å². The van der Waals surface area contributed by atoms with E-state index in [0.29, 0.717) is 0 Å². The van der Waals surface area contributed by atoms with Crippen LogP contribution in [0.1, 0.15) is 6.42 Å². The van der Waals surface area contributed by atoms with Gasteiger partial charge in [-0.3, -0.25) is 0 Å². The average Bonchev–Trinajstić information content (AvgIpc) is 1.78. The Hall–Kier alpha value is -0.340. The lowest BCUT2D eigenvalue weighted by Crippen LogP contribution is -2.41. The standard InChI is InChI=1S/C7H13NO/c1-2-7(9)6-8-4-3-5-8/h2,7,9H,1,3-6H2. The highest BCUT2D eigenvalue weighted by molar-refractivity contribution is 4.83. The molecule has 0 saturated carbocycles. The lowest BCUT2D eigenvalue weighted by molar-refractivity contribution is 0.105. The third-order valence-corrected chi connectivity index (χ3v) is 1.67. The van der Waals surface area contributed by atoms with Crippen molar-refractivity contribution < 1.29 is 5.11 Å². The van der Waals surface area contributed by atoms with Gasteiger partial charge in [-0.15, -0.1) is 6.58 Å². The number of rotatable bonds is 3. The molecule has 1 N–H and O–H groups in total. The van der Waals surface area contributed by atoms with Crippen molar-refractivity contribution in [3.05, 3.63) is 12.7 Å². The van der Waals surface area contributed by atoms with Gasteiger partial charge in [-0.25, -0.2) is 0 Å². The molecule has 0 spiro atoms. The molecule has 0 aromatic rings. The van der Waals surface area contributed by atoms with Crippen LogP contribution in [-0.4, -0.2) is 35.7 Å². The van der Waals surface area contributed by atoms with Crippen LogP contribution in [0.3, 0.4) is 0 Å². The molecule has 0 amide bonds. The molecule has 1 aliphatic heterocycles. The molecule has 0 bridgehead atoms. The maximum atomic E-state index is 9.03. The second kappa shape index (κ2) is 2.99. The zero-order chi connectivity index (χ0) is 6.69. The second-order valence-corrected chi connectivity index (χ2v) is 2.46. The van der Waals surface area contributed by atoms with Gasteiger partial charge >= 0.3 is 0 Å². The Bertz CT molecular complexity index is 99.1. The smallest absolute Gasteiger partial charge is 0.0845 e. The van der Waals surface area contributed by atoms with Crippen molar-refractivity contribution in [2.45, 2.75) is 12.5 Å². The first-order valence-electron chi connectivity index (χ1n) is 3.36. The summed E-state index contributed by atoms with van der Waals surface area (Å²) in [4.78, 5) is 2.21. The number of nitrogens with zero attached hydrogens (tertiary/aromatic N) is 1. The first-order valence-corrected chi connectivity index (χ1v) is 3.36. The highest BCUT2D eigenvalue weighted by atomic mass is 16.3. The Labute approximate surface area is 55.8 Å². The van der Waals surface area contributed by atoms with Crippen LogP contribution in [-0.2, 0) is 0 Å². The maximum absolute atomic E-state index is 9.03. The van der Waals surface area contributed by atoms with E-state index in [1.165, 1.54) is 6.42 Å². The Morgan fingerprint density at radius 1 is 1.67 bits per heavy atom. The molecule has 1 aliphatic rings. The third kappa shape index (κ3) is 1.80. The normalized spacial score (nSPS) is 22.8. The summed E-state index contributed by atoms with van der Waals surface area (Å²) >= 11 is 0. The molecule has 1 rings (SSSR count). The van der Waals surface area contributed by atoms with Crippen LogP contribution < -0.4 is 0 Å². The van der Waals surface area contributed by atoms with E-state index < -0.39 is 0 Å². The van der Waals surface area contributed by atoms with Crippen molar-refractivity contribution in [1.82, 2.24) is 4.90 Å². The van der Waals surface area contributed by atoms with Crippen LogP contribution in [0.2, 0.25) is 0 Å². The summed E-state index contributed by atoms with van der Waals surface area (Å²) in [5.74, 6) is 0. The largest absolute Gasteiger partial charge is 0.388 e. The van der Waals surface area contributed by atoms with Gasteiger partial charge in [-0.05, 0) is 19.5 Å². The van der Waals surface area contributed by atoms with E-state index in [1.54, 1.807) is 6.08 Å². The average molecular weight is 127 g/mol. The summed E-state index contributed by atoms with van der Waals surface area (Å²) < 4.78 is 0. The van der Waals surface area contributed by atoms with Crippen LogP contribution in [0.5, 0.6) is 0 Å².